The molecule has 0 aliphatic carbocycles. The summed E-state index contributed by atoms with van der Waals surface area (Å²) in [6.45, 7) is 4.33. The second kappa shape index (κ2) is 7.75. The molecule has 148 valence electrons. The van der Waals surface area contributed by atoms with Gasteiger partial charge in [-0.3, -0.25) is 14.8 Å². The standard InChI is InChI=1S/C22H24N6O/c29-22(20-6-9-23-15-24-20)28-11-7-17(13-28)21-18-14-27(10-8-19(18)25-26-21)12-16-4-2-1-3-5-16/h1-6,9,15,17H,7-8,10-14H2,(H,25,26). The van der Waals surface area contributed by atoms with Crippen LogP contribution >= 0.6 is 0 Å². The Balaban J connectivity index is 1.29. The number of carbonyl (C=O) groups excluding carboxylic acids is 1. The van der Waals surface area contributed by atoms with Crippen LogP contribution in [0.2, 0.25) is 0 Å². The third-order valence-electron chi connectivity index (χ3n) is 5.96. The molecule has 0 saturated carbocycles. The van der Waals surface area contributed by atoms with Crippen molar-refractivity contribution >= 4 is 5.91 Å². The van der Waals surface area contributed by atoms with Crippen molar-refractivity contribution in [2.45, 2.75) is 31.8 Å². The predicted octanol–water partition coefficient (Wildman–Crippen LogP) is 2.39. The summed E-state index contributed by atoms with van der Waals surface area (Å²) in [4.78, 5) is 25.1. The van der Waals surface area contributed by atoms with E-state index in [2.05, 4.69) is 55.4 Å². The zero-order valence-corrected chi connectivity index (χ0v) is 16.3. The molecular weight excluding hydrogens is 364 g/mol. The van der Waals surface area contributed by atoms with E-state index in [-0.39, 0.29) is 11.8 Å². The van der Waals surface area contributed by atoms with Gasteiger partial charge in [0.15, 0.2) is 0 Å². The molecule has 2 aliphatic rings. The molecule has 4 heterocycles. The van der Waals surface area contributed by atoms with E-state index >= 15 is 0 Å². The highest BCUT2D eigenvalue weighted by atomic mass is 16.2. The molecule has 1 aromatic carbocycles. The first-order valence-corrected chi connectivity index (χ1v) is 10.2. The van der Waals surface area contributed by atoms with Gasteiger partial charge in [0.1, 0.15) is 12.0 Å². The maximum absolute atomic E-state index is 12.7. The van der Waals surface area contributed by atoms with Gasteiger partial charge in [0, 0.05) is 62.5 Å². The molecule has 2 aromatic heterocycles. The van der Waals surface area contributed by atoms with Crippen LogP contribution in [0.3, 0.4) is 0 Å². The number of hydrogen-bond acceptors (Lipinski definition) is 5. The van der Waals surface area contributed by atoms with Gasteiger partial charge in [0.05, 0.1) is 5.69 Å². The number of fused-ring (bicyclic) bond motifs is 1. The van der Waals surface area contributed by atoms with E-state index in [0.29, 0.717) is 12.2 Å². The molecule has 3 aromatic rings. The number of nitrogens with one attached hydrogen (secondary N) is 1. The van der Waals surface area contributed by atoms with Gasteiger partial charge in [-0.05, 0) is 18.1 Å². The van der Waals surface area contributed by atoms with Crippen molar-refractivity contribution in [1.82, 2.24) is 30.0 Å². The minimum atomic E-state index is -0.0231. The Morgan fingerprint density at radius 1 is 1.17 bits per heavy atom. The molecule has 7 nitrogen and oxygen atoms in total. The summed E-state index contributed by atoms with van der Waals surface area (Å²) >= 11 is 0. The van der Waals surface area contributed by atoms with Crippen molar-refractivity contribution in [3.8, 4) is 0 Å². The summed E-state index contributed by atoms with van der Waals surface area (Å²) < 4.78 is 0. The first-order valence-electron chi connectivity index (χ1n) is 10.2. The van der Waals surface area contributed by atoms with E-state index in [4.69, 9.17) is 0 Å². The predicted molar refractivity (Wildman–Crippen MR) is 108 cm³/mol. The van der Waals surface area contributed by atoms with E-state index in [0.717, 1.165) is 44.7 Å². The van der Waals surface area contributed by atoms with E-state index in [9.17, 15) is 4.79 Å². The fraction of sp³-hybridized carbons (Fsp3) is 0.364. The van der Waals surface area contributed by atoms with Crippen molar-refractivity contribution in [3.05, 3.63) is 77.1 Å². The molecule has 29 heavy (non-hydrogen) atoms. The van der Waals surface area contributed by atoms with E-state index < -0.39 is 0 Å². The number of hydrogen-bond donors (Lipinski definition) is 1. The number of aromatic amines is 1. The summed E-state index contributed by atoms with van der Waals surface area (Å²) in [5.74, 6) is 0.252. The zero-order valence-electron chi connectivity index (χ0n) is 16.3. The lowest BCUT2D eigenvalue weighted by Crippen LogP contribution is -2.31. The molecule has 0 radical (unpaired) electrons. The van der Waals surface area contributed by atoms with Gasteiger partial charge in [-0.25, -0.2) is 9.97 Å². The quantitative estimate of drug-likeness (QED) is 0.743. The first kappa shape index (κ1) is 18.0. The molecule has 7 heteroatoms. The van der Waals surface area contributed by atoms with Crippen molar-refractivity contribution < 1.29 is 4.79 Å². The fourth-order valence-corrected chi connectivity index (χ4v) is 4.43. The number of rotatable bonds is 4. The van der Waals surface area contributed by atoms with E-state index in [1.165, 1.54) is 23.1 Å². The maximum atomic E-state index is 12.7. The van der Waals surface area contributed by atoms with Gasteiger partial charge in [-0.2, -0.15) is 5.10 Å². The van der Waals surface area contributed by atoms with Gasteiger partial charge in [-0.1, -0.05) is 30.3 Å². The maximum Gasteiger partial charge on any atom is 0.272 e. The molecule has 1 N–H and O–H groups in total. The minimum Gasteiger partial charge on any atom is -0.337 e. The van der Waals surface area contributed by atoms with Crippen LogP contribution in [0.5, 0.6) is 0 Å². The monoisotopic (exact) mass is 388 g/mol. The molecule has 1 atom stereocenters. The number of likely N-dealkylation sites (tertiary alicyclic amines) is 1. The van der Waals surface area contributed by atoms with Crippen molar-refractivity contribution in [1.29, 1.82) is 0 Å². The fourth-order valence-electron chi connectivity index (χ4n) is 4.43. The summed E-state index contributed by atoms with van der Waals surface area (Å²) in [5.41, 5.74) is 5.51. The molecule has 5 rings (SSSR count). The lowest BCUT2D eigenvalue weighted by Gasteiger charge is -2.27. The number of benzene rings is 1. The Labute approximate surface area is 169 Å². The van der Waals surface area contributed by atoms with Crippen molar-refractivity contribution in [2.24, 2.45) is 0 Å². The zero-order chi connectivity index (χ0) is 19.6. The van der Waals surface area contributed by atoms with Crippen LogP contribution in [0.4, 0.5) is 0 Å². The lowest BCUT2D eigenvalue weighted by molar-refractivity contribution is 0.0784. The minimum absolute atomic E-state index is 0.0231. The summed E-state index contributed by atoms with van der Waals surface area (Å²) in [7, 11) is 0. The normalized spacial score (nSPS) is 19.3. The number of H-pyrrole nitrogens is 1. The van der Waals surface area contributed by atoms with Gasteiger partial charge in [0.2, 0.25) is 0 Å². The number of amides is 1. The number of carbonyl (C=O) groups is 1. The Kier molecular flexibility index (Phi) is 4.81. The molecular formula is C22H24N6O. The van der Waals surface area contributed by atoms with Crippen molar-refractivity contribution in [2.75, 3.05) is 19.6 Å². The number of aromatic nitrogens is 4. The van der Waals surface area contributed by atoms with E-state index in [1.54, 1.807) is 12.3 Å². The van der Waals surface area contributed by atoms with Crippen LogP contribution < -0.4 is 0 Å². The molecule has 1 unspecified atom stereocenters. The average Bonchev–Trinajstić information content (AvgIpc) is 3.41. The highest BCUT2D eigenvalue weighted by Crippen LogP contribution is 2.32. The third kappa shape index (κ3) is 3.65. The second-order valence-electron chi connectivity index (χ2n) is 7.84. The summed E-state index contributed by atoms with van der Waals surface area (Å²) in [6, 6.07) is 12.3. The van der Waals surface area contributed by atoms with Gasteiger partial charge in [-0.15, -0.1) is 0 Å². The molecule has 0 spiro atoms. The topological polar surface area (TPSA) is 78.0 Å². The van der Waals surface area contributed by atoms with Crippen LogP contribution in [0.15, 0.2) is 48.9 Å². The Bertz CT molecular complexity index is 987. The number of nitrogens with zero attached hydrogens (tertiary/aromatic N) is 5. The highest BCUT2D eigenvalue weighted by Gasteiger charge is 2.33. The van der Waals surface area contributed by atoms with Gasteiger partial charge < -0.3 is 4.90 Å². The molecule has 1 amide bonds. The average molecular weight is 388 g/mol. The highest BCUT2D eigenvalue weighted by molar-refractivity contribution is 5.92. The molecule has 2 aliphatic heterocycles. The van der Waals surface area contributed by atoms with Gasteiger partial charge in [0.25, 0.3) is 5.91 Å². The van der Waals surface area contributed by atoms with Crippen LogP contribution in [0.1, 0.15) is 45.3 Å². The summed E-state index contributed by atoms with van der Waals surface area (Å²) in [6.07, 6.45) is 4.96. The van der Waals surface area contributed by atoms with Gasteiger partial charge >= 0.3 is 0 Å². The van der Waals surface area contributed by atoms with Crippen LogP contribution in [-0.4, -0.2) is 55.5 Å². The largest absolute Gasteiger partial charge is 0.337 e. The molecule has 1 saturated heterocycles. The second-order valence-corrected chi connectivity index (χ2v) is 7.84. The SMILES string of the molecule is O=C(c1ccncn1)N1CCC(c2n[nH]c3c2CN(Cc2ccccc2)CC3)C1. The van der Waals surface area contributed by atoms with Crippen LogP contribution in [-0.2, 0) is 19.5 Å². The smallest absolute Gasteiger partial charge is 0.272 e. The Morgan fingerprint density at radius 3 is 2.90 bits per heavy atom. The van der Waals surface area contributed by atoms with E-state index in [1.807, 2.05) is 4.90 Å². The molecule has 0 bridgehead atoms. The molecule has 1 fully saturated rings. The Morgan fingerprint density at radius 2 is 2.07 bits per heavy atom. The Hall–Kier alpha value is -3.06. The van der Waals surface area contributed by atoms with Crippen LogP contribution in [0, 0.1) is 0 Å². The lowest BCUT2D eigenvalue weighted by atomic mass is 9.96. The summed E-state index contributed by atoms with van der Waals surface area (Å²) in [5, 5.41) is 7.94. The van der Waals surface area contributed by atoms with Crippen LogP contribution in [0.25, 0.3) is 0 Å². The first-order chi connectivity index (χ1) is 14.3. The van der Waals surface area contributed by atoms with Crippen molar-refractivity contribution in [3.63, 3.8) is 0 Å². The third-order valence-corrected chi connectivity index (χ3v) is 5.96.